The van der Waals surface area contributed by atoms with Crippen LogP contribution in [-0.2, 0) is 16.0 Å². The molecule has 2 amide bonds. The van der Waals surface area contributed by atoms with Crippen LogP contribution in [0.15, 0.2) is 48.5 Å². The number of nitrogens with one attached hydrogen (secondary N) is 1. The fourth-order valence-electron chi connectivity index (χ4n) is 4.25. The summed E-state index contributed by atoms with van der Waals surface area (Å²) in [5.74, 6) is -0.583. The third-order valence-corrected chi connectivity index (χ3v) is 6.19. The zero-order valence-electron chi connectivity index (χ0n) is 18.4. The lowest BCUT2D eigenvalue weighted by Gasteiger charge is -2.28. The van der Waals surface area contributed by atoms with E-state index < -0.39 is 12.0 Å². The van der Waals surface area contributed by atoms with Crippen LogP contribution < -0.4 is 5.48 Å². The Morgan fingerprint density at radius 1 is 1.06 bits per heavy atom. The molecule has 6 nitrogen and oxygen atoms in total. The monoisotopic (exact) mass is 458 g/mol. The van der Waals surface area contributed by atoms with Crippen LogP contribution >= 0.6 is 11.6 Å². The zero-order chi connectivity index (χ0) is 22.9. The highest BCUT2D eigenvalue weighted by Crippen LogP contribution is 2.30. The first-order valence-corrected chi connectivity index (χ1v) is 11.6. The molecule has 0 aliphatic carbocycles. The van der Waals surface area contributed by atoms with Crippen molar-refractivity contribution in [2.75, 3.05) is 19.7 Å². The molecule has 3 rings (SSSR count). The van der Waals surface area contributed by atoms with Crippen molar-refractivity contribution in [3.8, 4) is 0 Å². The highest BCUT2D eigenvalue weighted by Gasteiger charge is 2.27. The van der Waals surface area contributed by atoms with Gasteiger partial charge in [0.05, 0.1) is 12.5 Å². The zero-order valence-corrected chi connectivity index (χ0v) is 19.2. The van der Waals surface area contributed by atoms with Gasteiger partial charge in [0.15, 0.2) is 0 Å². The van der Waals surface area contributed by atoms with E-state index in [1.807, 2.05) is 60.4 Å². The molecule has 1 heterocycles. The average molecular weight is 459 g/mol. The lowest BCUT2D eigenvalue weighted by molar-refractivity contribution is -0.132. The fraction of sp³-hybridized carbons (Fsp3) is 0.440. The smallest absolute Gasteiger partial charge is 0.253 e. The molecule has 2 aromatic carbocycles. The number of carbonyl (C=O) groups is 2. The summed E-state index contributed by atoms with van der Waals surface area (Å²) in [7, 11) is 0. The van der Waals surface area contributed by atoms with E-state index >= 15 is 0 Å². The molecule has 1 fully saturated rings. The number of hydrogen-bond donors (Lipinski definition) is 2. The lowest BCUT2D eigenvalue weighted by Crippen LogP contribution is -2.35. The van der Waals surface area contributed by atoms with Crippen LogP contribution in [0.4, 0.5) is 0 Å². The SMILES string of the molecule is CCOC(CC(=O)NO)[C@H](Cc1ccc(Cl)cc1)c1ccc(C(=O)N2CCCCC2)cc1. The quantitative estimate of drug-likeness (QED) is 0.425. The van der Waals surface area contributed by atoms with Crippen molar-refractivity contribution in [2.24, 2.45) is 0 Å². The number of hydroxylamine groups is 1. The molecule has 1 aliphatic rings. The van der Waals surface area contributed by atoms with Gasteiger partial charge in [0.1, 0.15) is 0 Å². The van der Waals surface area contributed by atoms with Crippen molar-refractivity contribution in [2.45, 2.75) is 51.0 Å². The molecule has 172 valence electrons. The van der Waals surface area contributed by atoms with Gasteiger partial charge in [-0.15, -0.1) is 0 Å². The third kappa shape index (κ3) is 6.55. The van der Waals surface area contributed by atoms with E-state index in [4.69, 9.17) is 21.5 Å². The summed E-state index contributed by atoms with van der Waals surface area (Å²) in [4.78, 5) is 26.7. The summed E-state index contributed by atoms with van der Waals surface area (Å²) < 4.78 is 5.93. The third-order valence-electron chi connectivity index (χ3n) is 5.94. The molecule has 1 unspecified atom stereocenters. The first-order valence-electron chi connectivity index (χ1n) is 11.2. The van der Waals surface area contributed by atoms with Gasteiger partial charge in [-0.25, -0.2) is 5.48 Å². The van der Waals surface area contributed by atoms with Gasteiger partial charge in [0.2, 0.25) is 5.91 Å². The van der Waals surface area contributed by atoms with Gasteiger partial charge < -0.3 is 9.64 Å². The Hall–Kier alpha value is -2.41. The molecule has 2 atom stereocenters. The second-order valence-corrected chi connectivity index (χ2v) is 8.58. The van der Waals surface area contributed by atoms with Crippen molar-refractivity contribution in [3.63, 3.8) is 0 Å². The Morgan fingerprint density at radius 3 is 2.31 bits per heavy atom. The summed E-state index contributed by atoms with van der Waals surface area (Å²) in [6.45, 7) is 3.93. The van der Waals surface area contributed by atoms with Gasteiger partial charge in [0.25, 0.3) is 5.91 Å². The van der Waals surface area contributed by atoms with E-state index in [1.165, 1.54) is 6.42 Å². The predicted molar refractivity (Wildman–Crippen MR) is 124 cm³/mol. The van der Waals surface area contributed by atoms with Gasteiger partial charge >= 0.3 is 0 Å². The number of likely N-dealkylation sites (tertiary alicyclic amines) is 1. The van der Waals surface area contributed by atoms with Gasteiger partial charge in [0, 0.05) is 36.2 Å². The highest BCUT2D eigenvalue weighted by molar-refractivity contribution is 6.30. The summed E-state index contributed by atoms with van der Waals surface area (Å²) in [6, 6.07) is 15.2. The van der Waals surface area contributed by atoms with E-state index in [0.717, 1.165) is 37.1 Å². The fourth-order valence-corrected chi connectivity index (χ4v) is 4.38. The Balaban J connectivity index is 1.85. The van der Waals surface area contributed by atoms with E-state index in [1.54, 1.807) is 5.48 Å². The first kappa shape index (κ1) is 24.2. The molecule has 0 bridgehead atoms. The maximum atomic E-state index is 12.8. The maximum Gasteiger partial charge on any atom is 0.253 e. The van der Waals surface area contributed by atoms with Gasteiger partial charge in [-0.1, -0.05) is 35.9 Å². The predicted octanol–water partition coefficient (Wildman–Crippen LogP) is 4.59. The number of nitrogens with zero attached hydrogens (tertiary/aromatic N) is 1. The molecular formula is C25H31ClN2O4. The largest absolute Gasteiger partial charge is 0.377 e. The van der Waals surface area contributed by atoms with Crippen molar-refractivity contribution >= 4 is 23.4 Å². The Kier molecular flexibility index (Phi) is 9.09. The van der Waals surface area contributed by atoms with Crippen molar-refractivity contribution < 1.29 is 19.5 Å². The first-order chi connectivity index (χ1) is 15.5. The van der Waals surface area contributed by atoms with Gasteiger partial charge in [-0.3, -0.25) is 14.8 Å². The Labute approximate surface area is 194 Å². The van der Waals surface area contributed by atoms with Crippen LogP contribution in [0.3, 0.4) is 0 Å². The number of hydrogen-bond acceptors (Lipinski definition) is 4. The number of amides is 2. The number of rotatable bonds is 9. The molecule has 2 aromatic rings. The van der Waals surface area contributed by atoms with Gasteiger partial charge in [-0.05, 0) is 68.0 Å². The number of halogens is 1. The van der Waals surface area contributed by atoms with Crippen LogP contribution in [0.2, 0.25) is 5.02 Å². The summed E-state index contributed by atoms with van der Waals surface area (Å²) >= 11 is 6.03. The number of benzene rings is 2. The van der Waals surface area contributed by atoms with E-state index in [2.05, 4.69) is 0 Å². The molecule has 0 spiro atoms. The molecule has 1 aliphatic heterocycles. The van der Waals surface area contributed by atoms with E-state index in [9.17, 15) is 9.59 Å². The minimum atomic E-state index is -0.499. The normalized spacial score (nSPS) is 15.8. The van der Waals surface area contributed by atoms with Crippen molar-refractivity contribution in [1.29, 1.82) is 0 Å². The van der Waals surface area contributed by atoms with Crippen LogP contribution in [0.5, 0.6) is 0 Å². The Morgan fingerprint density at radius 2 is 1.72 bits per heavy atom. The average Bonchev–Trinajstić information content (AvgIpc) is 2.83. The summed E-state index contributed by atoms with van der Waals surface area (Å²) in [5.41, 5.74) is 4.40. The number of carbonyl (C=O) groups excluding carboxylic acids is 2. The standard InChI is InChI=1S/C25H31ClN2O4/c1-2-32-23(17-24(29)27-31)22(16-18-6-12-21(26)13-7-18)19-8-10-20(11-9-19)25(30)28-14-4-3-5-15-28/h6-13,22-23,31H,2-5,14-17H2,1H3,(H,27,29)/t22-,23?/m1/s1. The van der Waals surface area contributed by atoms with Crippen molar-refractivity contribution in [1.82, 2.24) is 10.4 Å². The van der Waals surface area contributed by atoms with E-state index in [-0.39, 0.29) is 18.2 Å². The van der Waals surface area contributed by atoms with Crippen molar-refractivity contribution in [3.05, 3.63) is 70.2 Å². The minimum Gasteiger partial charge on any atom is -0.377 e. The number of ether oxygens (including phenoxy) is 1. The van der Waals surface area contributed by atoms with Crippen LogP contribution in [0, 0.1) is 0 Å². The molecule has 0 radical (unpaired) electrons. The molecule has 0 aromatic heterocycles. The molecule has 1 saturated heterocycles. The maximum absolute atomic E-state index is 12.8. The minimum absolute atomic E-state index is 0.0249. The van der Waals surface area contributed by atoms with E-state index in [0.29, 0.717) is 23.6 Å². The van der Waals surface area contributed by atoms with Crippen LogP contribution in [0.25, 0.3) is 0 Å². The summed E-state index contributed by atoms with van der Waals surface area (Å²) in [5, 5.41) is 9.69. The van der Waals surface area contributed by atoms with Gasteiger partial charge in [-0.2, -0.15) is 0 Å². The second kappa shape index (κ2) is 12.0. The number of piperidine rings is 1. The lowest BCUT2D eigenvalue weighted by atomic mass is 9.85. The molecular weight excluding hydrogens is 428 g/mol. The second-order valence-electron chi connectivity index (χ2n) is 8.14. The Bertz CT molecular complexity index is 880. The molecule has 2 N–H and O–H groups in total. The molecule has 7 heteroatoms. The summed E-state index contributed by atoms with van der Waals surface area (Å²) in [6.07, 6.45) is 3.49. The topological polar surface area (TPSA) is 78.9 Å². The van der Waals surface area contributed by atoms with Crippen LogP contribution in [0.1, 0.15) is 60.0 Å². The van der Waals surface area contributed by atoms with Crippen LogP contribution in [-0.4, -0.2) is 47.7 Å². The highest BCUT2D eigenvalue weighted by atomic mass is 35.5. The molecule has 32 heavy (non-hydrogen) atoms. The molecule has 0 saturated carbocycles.